The summed E-state index contributed by atoms with van der Waals surface area (Å²) in [7, 11) is 0. The third-order valence-electron chi connectivity index (χ3n) is 5.30. The smallest absolute Gasteiger partial charge is 0.0469 e. The van der Waals surface area contributed by atoms with Crippen molar-refractivity contribution < 1.29 is 0 Å². The number of rotatable bonds is 0. The van der Waals surface area contributed by atoms with Gasteiger partial charge < -0.3 is 0 Å². The predicted molar refractivity (Wildman–Crippen MR) is 145 cm³/mol. The number of hydrogen-bond acceptors (Lipinski definition) is 6. The Kier molecular flexibility index (Phi) is 4.07. The van der Waals surface area contributed by atoms with E-state index in [1.54, 1.807) is 0 Å². The lowest BCUT2D eigenvalue weighted by atomic mass is 10.2. The molecular formula is C24H12S6. The van der Waals surface area contributed by atoms with E-state index in [-0.39, 0.29) is 0 Å². The zero-order chi connectivity index (χ0) is 19.7. The Hall–Kier alpha value is -1.80. The van der Waals surface area contributed by atoms with Crippen molar-refractivity contribution in [2.24, 2.45) is 0 Å². The first-order chi connectivity index (χ1) is 14.9. The first kappa shape index (κ1) is 17.8. The summed E-state index contributed by atoms with van der Waals surface area (Å²) in [4.78, 5) is 0. The molecule has 30 heavy (non-hydrogen) atoms. The minimum Gasteiger partial charge on any atom is -0.142 e. The highest BCUT2D eigenvalue weighted by atomic mass is 32.1. The van der Waals surface area contributed by atoms with Crippen LogP contribution in [-0.2, 0) is 0 Å². The van der Waals surface area contributed by atoms with Crippen molar-refractivity contribution in [3.05, 3.63) is 70.1 Å². The molecule has 2 aromatic carbocycles. The van der Waals surface area contributed by atoms with Crippen LogP contribution in [0.1, 0.15) is 0 Å². The molecule has 0 saturated carbocycles. The zero-order valence-electron chi connectivity index (χ0n) is 15.4. The topological polar surface area (TPSA) is 0 Å². The lowest BCUT2D eigenvalue weighted by molar-refractivity contribution is 1.91. The predicted octanol–water partition coefficient (Wildman–Crippen LogP) is 10.7. The van der Waals surface area contributed by atoms with E-state index in [2.05, 4.69) is 70.1 Å². The van der Waals surface area contributed by atoms with Crippen LogP contribution in [0.15, 0.2) is 70.1 Å². The van der Waals surface area contributed by atoms with E-state index in [4.69, 9.17) is 0 Å². The maximum absolute atomic E-state index is 2.28. The van der Waals surface area contributed by atoms with Gasteiger partial charge in [-0.2, -0.15) is 0 Å². The van der Waals surface area contributed by atoms with E-state index in [9.17, 15) is 0 Å². The Morgan fingerprint density at radius 2 is 0.600 bits per heavy atom. The van der Waals surface area contributed by atoms with E-state index in [1.165, 1.54) is 59.1 Å². The molecule has 144 valence electrons. The molecule has 0 nitrogen and oxygen atoms in total. The maximum atomic E-state index is 2.28. The summed E-state index contributed by atoms with van der Waals surface area (Å²) in [6.07, 6.45) is 0. The zero-order valence-corrected chi connectivity index (χ0v) is 20.3. The van der Waals surface area contributed by atoms with Crippen LogP contribution in [0, 0.1) is 0 Å². The van der Waals surface area contributed by atoms with Crippen molar-refractivity contribution in [2.45, 2.75) is 0 Å². The van der Waals surface area contributed by atoms with Gasteiger partial charge in [0.25, 0.3) is 0 Å². The fourth-order valence-corrected chi connectivity index (χ4v) is 10.7. The van der Waals surface area contributed by atoms with Gasteiger partial charge in [-0.1, -0.05) is 24.3 Å². The Morgan fingerprint density at radius 1 is 0.333 bits per heavy atom. The minimum atomic E-state index is 1.40. The quantitative estimate of drug-likeness (QED) is 0.197. The molecule has 0 spiro atoms. The van der Waals surface area contributed by atoms with Crippen molar-refractivity contribution >= 4 is 127 Å². The first-order valence-corrected chi connectivity index (χ1v) is 14.5. The monoisotopic (exact) mass is 492 g/mol. The fraction of sp³-hybridized carbons (Fsp3) is 0. The Labute approximate surface area is 195 Å². The molecule has 6 heteroatoms. The van der Waals surface area contributed by atoms with Crippen LogP contribution in [0.2, 0.25) is 0 Å². The van der Waals surface area contributed by atoms with Crippen LogP contribution in [0.5, 0.6) is 0 Å². The standard InChI is InChI=1S/2C12H6S3/c2*1-2-4-8-12-10(6-14-8)15-9-5-13-7(3-1)11(9)12/h2*1-6H. The maximum Gasteiger partial charge on any atom is 0.0469 e. The average Bonchev–Trinajstić information content (AvgIpc) is 3.48. The molecule has 0 aliphatic carbocycles. The number of hydrogen-bond donors (Lipinski definition) is 0. The van der Waals surface area contributed by atoms with Crippen LogP contribution >= 0.6 is 68.0 Å². The lowest BCUT2D eigenvalue weighted by Gasteiger charge is -1.86. The molecule has 6 heterocycles. The normalized spacial score (nSPS) is 12.0. The van der Waals surface area contributed by atoms with Gasteiger partial charge in [0.1, 0.15) is 0 Å². The van der Waals surface area contributed by atoms with E-state index in [0.29, 0.717) is 0 Å². The molecular weight excluding hydrogens is 481 g/mol. The third-order valence-corrected chi connectivity index (χ3v) is 11.9. The molecule has 0 radical (unpaired) electrons. The summed E-state index contributed by atoms with van der Waals surface area (Å²) in [5, 5.41) is 15.0. The van der Waals surface area contributed by atoms with Gasteiger partial charge in [-0.25, -0.2) is 0 Å². The van der Waals surface area contributed by atoms with Gasteiger partial charge in [0.15, 0.2) is 0 Å². The molecule has 0 saturated heterocycles. The molecule has 8 rings (SSSR count). The van der Waals surface area contributed by atoms with Gasteiger partial charge in [-0.3, -0.25) is 0 Å². The third kappa shape index (κ3) is 2.59. The molecule has 0 amide bonds. The molecule has 0 aliphatic rings. The van der Waals surface area contributed by atoms with Crippen LogP contribution in [-0.4, -0.2) is 0 Å². The van der Waals surface area contributed by atoms with Gasteiger partial charge >= 0.3 is 0 Å². The largest absolute Gasteiger partial charge is 0.142 e. The fourth-order valence-electron chi connectivity index (χ4n) is 4.01. The molecule has 8 aromatic rings. The van der Waals surface area contributed by atoms with Crippen molar-refractivity contribution in [1.29, 1.82) is 0 Å². The van der Waals surface area contributed by atoms with Crippen LogP contribution in [0.25, 0.3) is 59.1 Å². The van der Waals surface area contributed by atoms with Crippen LogP contribution < -0.4 is 0 Å². The molecule has 0 N–H and O–H groups in total. The molecule has 6 aromatic heterocycles. The lowest BCUT2D eigenvalue weighted by Crippen LogP contribution is -1.59. The van der Waals surface area contributed by atoms with E-state index in [0.717, 1.165) is 0 Å². The summed E-state index contributed by atoms with van der Waals surface area (Å²) >= 11 is 11.2. The Balaban J connectivity index is 0.000000108. The second kappa shape index (κ2) is 6.85. The van der Waals surface area contributed by atoms with Gasteiger partial charge in [0.05, 0.1) is 0 Å². The van der Waals surface area contributed by atoms with Gasteiger partial charge in [-0.15, -0.1) is 68.0 Å². The van der Waals surface area contributed by atoms with Crippen molar-refractivity contribution in [2.75, 3.05) is 0 Å². The van der Waals surface area contributed by atoms with Gasteiger partial charge in [0, 0.05) is 80.7 Å². The van der Waals surface area contributed by atoms with E-state index < -0.39 is 0 Å². The Bertz CT molecular complexity index is 1550. The second-order valence-electron chi connectivity index (χ2n) is 7.00. The Morgan fingerprint density at radius 3 is 0.867 bits per heavy atom. The van der Waals surface area contributed by atoms with E-state index in [1.807, 2.05) is 68.0 Å². The molecule has 0 unspecified atom stereocenters. The molecule has 0 bridgehead atoms. The summed E-state index contributed by atoms with van der Waals surface area (Å²) < 4.78 is 11.4. The first-order valence-electron chi connectivity index (χ1n) is 9.39. The minimum absolute atomic E-state index is 1.40. The highest BCUT2D eigenvalue weighted by Gasteiger charge is 2.12. The van der Waals surface area contributed by atoms with Gasteiger partial charge in [0.2, 0.25) is 0 Å². The van der Waals surface area contributed by atoms with E-state index >= 15 is 0 Å². The number of thiophene rings is 6. The summed E-state index contributed by atoms with van der Waals surface area (Å²) in [6.45, 7) is 0. The second-order valence-corrected chi connectivity index (χ2v) is 12.8. The van der Waals surface area contributed by atoms with Crippen molar-refractivity contribution in [3.8, 4) is 0 Å². The van der Waals surface area contributed by atoms with Crippen molar-refractivity contribution in [3.63, 3.8) is 0 Å². The highest BCUT2D eigenvalue weighted by molar-refractivity contribution is 7.34. The highest BCUT2D eigenvalue weighted by Crippen LogP contribution is 2.45. The molecule has 0 atom stereocenters. The summed E-state index contributed by atoms with van der Waals surface area (Å²) in [5.41, 5.74) is 0. The molecule has 0 aliphatic heterocycles. The van der Waals surface area contributed by atoms with Crippen LogP contribution in [0.4, 0.5) is 0 Å². The van der Waals surface area contributed by atoms with Crippen molar-refractivity contribution in [1.82, 2.24) is 0 Å². The summed E-state index contributed by atoms with van der Waals surface area (Å²) in [6, 6.07) is 17.4. The molecule has 0 fully saturated rings. The van der Waals surface area contributed by atoms with Gasteiger partial charge in [-0.05, 0) is 24.3 Å². The average molecular weight is 493 g/mol. The van der Waals surface area contributed by atoms with Crippen LogP contribution in [0.3, 0.4) is 0 Å². The SMILES string of the molecule is c1ccc2scc3sc4csc(c1)c4c23.c1ccc2scc3sc4csc(c1)c4c23. The summed E-state index contributed by atoms with van der Waals surface area (Å²) in [5.74, 6) is 0.